The SMILES string of the molecule is CCCCc1cc2c3c4[n+](ccc3c1)C1(CC)c3c(c5ccccc5c5c6ccccc6cc[n+]35)C1(CC)c1ccc(F)c(c1-4)C2(C)C. The summed E-state index contributed by atoms with van der Waals surface area (Å²) >= 11 is 0. The van der Waals surface area contributed by atoms with E-state index >= 15 is 4.39 Å². The molecule has 2 aliphatic carbocycles. The Morgan fingerprint density at radius 2 is 1.46 bits per heavy atom. The summed E-state index contributed by atoms with van der Waals surface area (Å²) in [5.74, 6) is -0.0917. The quantitative estimate of drug-likeness (QED) is 0.132. The third kappa shape index (κ3) is 2.94. The van der Waals surface area contributed by atoms with Gasteiger partial charge < -0.3 is 0 Å². The second-order valence-electron chi connectivity index (χ2n) is 15.1. The van der Waals surface area contributed by atoms with Crippen molar-refractivity contribution in [3.8, 4) is 11.3 Å². The molecule has 3 aliphatic rings. The number of hydrogen-bond donors (Lipinski definition) is 0. The van der Waals surface area contributed by atoms with Gasteiger partial charge in [-0.15, -0.1) is 0 Å². The van der Waals surface area contributed by atoms with Crippen LogP contribution in [0.5, 0.6) is 0 Å². The minimum Gasteiger partial charge on any atom is -0.207 e. The normalized spacial score (nSPS) is 21.0. The van der Waals surface area contributed by atoms with E-state index < -0.39 is 5.41 Å². The zero-order valence-corrected chi connectivity index (χ0v) is 28.5. The number of pyridine rings is 3. The molecule has 0 saturated heterocycles. The van der Waals surface area contributed by atoms with Gasteiger partial charge in [0.05, 0.1) is 27.3 Å². The van der Waals surface area contributed by atoms with Gasteiger partial charge in [0.25, 0.3) is 11.2 Å². The summed E-state index contributed by atoms with van der Waals surface area (Å²) in [7, 11) is 0. The molecule has 7 aromatic rings. The number of unbranched alkanes of at least 4 members (excludes halogenated alkanes) is 1. The molecule has 2 unspecified atom stereocenters. The van der Waals surface area contributed by atoms with Crippen molar-refractivity contribution in [1.82, 2.24) is 0 Å². The second-order valence-corrected chi connectivity index (χ2v) is 15.1. The predicted octanol–water partition coefficient (Wildman–Crippen LogP) is 10.1. The summed E-state index contributed by atoms with van der Waals surface area (Å²) in [5, 5.41) is 7.69. The maximum atomic E-state index is 16.6. The number of aryl methyl sites for hydroxylation is 1. The van der Waals surface area contributed by atoms with Crippen molar-refractivity contribution >= 4 is 37.8 Å². The topological polar surface area (TPSA) is 7.98 Å². The summed E-state index contributed by atoms with van der Waals surface area (Å²) in [5.41, 5.74) is 9.97. The van der Waals surface area contributed by atoms with E-state index in [1.165, 1.54) is 71.5 Å². The Kier molecular flexibility index (Phi) is 5.49. The lowest BCUT2D eigenvalue weighted by Gasteiger charge is -2.56. The van der Waals surface area contributed by atoms with Crippen molar-refractivity contribution in [2.45, 2.75) is 83.1 Å². The van der Waals surface area contributed by atoms with Crippen molar-refractivity contribution < 1.29 is 13.4 Å². The average molecular weight is 629 g/mol. The molecule has 0 N–H and O–H groups in total. The van der Waals surface area contributed by atoms with E-state index in [0.29, 0.717) is 0 Å². The van der Waals surface area contributed by atoms with Crippen LogP contribution in [-0.2, 0) is 22.8 Å². The molecule has 0 fully saturated rings. The number of nitrogens with zero attached hydrogens (tertiary/aromatic N) is 2. The number of halogens is 1. The van der Waals surface area contributed by atoms with Gasteiger partial charge >= 0.3 is 0 Å². The van der Waals surface area contributed by atoms with Crippen molar-refractivity contribution in [3.63, 3.8) is 0 Å². The van der Waals surface area contributed by atoms with Crippen molar-refractivity contribution in [2.24, 2.45) is 0 Å². The predicted molar refractivity (Wildman–Crippen MR) is 193 cm³/mol. The van der Waals surface area contributed by atoms with Gasteiger partial charge in [-0.2, -0.15) is 8.97 Å². The molecule has 236 valence electrons. The highest BCUT2D eigenvalue weighted by atomic mass is 19.1. The van der Waals surface area contributed by atoms with Gasteiger partial charge in [0, 0.05) is 29.5 Å². The molecular formula is C45H41FN2+2. The number of aromatic nitrogens is 2. The van der Waals surface area contributed by atoms with Crippen LogP contribution in [0.3, 0.4) is 0 Å². The number of benzene rings is 4. The van der Waals surface area contributed by atoms with Crippen LogP contribution in [0.4, 0.5) is 4.39 Å². The fourth-order valence-corrected chi connectivity index (χ4v) is 11.0. The Hall–Kier alpha value is -4.63. The van der Waals surface area contributed by atoms with Gasteiger partial charge in [-0.1, -0.05) is 95.6 Å². The molecule has 1 aliphatic heterocycles. The van der Waals surface area contributed by atoms with Crippen LogP contribution < -0.4 is 8.97 Å². The molecule has 0 amide bonds. The van der Waals surface area contributed by atoms with Crippen LogP contribution in [0, 0.1) is 5.82 Å². The van der Waals surface area contributed by atoms with Gasteiger partial charge in [-0.3, -0.25) is 0 Å². The van der Waals surface area contributed by atoms with E-state index in [4.69, 9.17) is 0 Å². The van der Waals surface area contributed by atoms with Crippen LogP contribution >= 0.6 is 0 Å². The van der Waals surface area contributed by atoms with Crippen LogP contribution in [0.1, 0.15) is 93.8 Å². The van der Waals surface area contributed by atoms with Gasteiger partial charge in [0.2, 0.25) is 11.2 Å². The molecule has 4 aromatic carbocycles. The third-order valence-electron chi connectivity index (χ3n) is 12.8. The van der Waals surface area contributed by atoms with E-state index in [-0.39, 0.29) is 16.8 Å². The zero-order valence-electron chi connectivity index (χ0n) is 28.5. The molecule has 2 nitrogen and oxygen atoms in total. The van der Waals surface area contributed by atoms with Crippen molar-refractivity contribution in [3.05, 3.63) is 137 Å². The first-order chi connectivity index (χ1) is 23.3. The van der Waals surface area contributed by atoms with E-state index in [9.17, 15) is 0 Å². The molecule has 3 aromatic heterocycles. The zero-order chi connectivity index (χ0) is 32.7. The molecule has 10 rings (SSSR count). The van der Waals surface area contributed by atoms with Crippen LogP contribution in [0.2, 0.25) is 0 Å². The fourth-order valence-electron chi connectivity index (χ4n) is 11.0. The first kappa shape index (κ1) is 28.4. The summed E-state index contributed by atoms with van der Waals surface area (Å²) in [6.45, 7) is 11.5. The van der Waals surface area contributed by atoms with Crippen LogP contribution in [0.15, 0.2) is 97.3 Å². The molecule has 4 heterocycles. The van der Waals surface area contributed by atoms with E-state index in [1.54, 1.807) is 6.07 Å². The number of fused-ring (bicyclic) bond motifs is 13. The van der Waals surface area contributed by atoms with Gasteiger partial charge in [-0.25, -0.2) is 4.39 Å². The Morgan fingerprint density at radius 1 is 0.708 bits per heavy atom. The largest absolute Gasteiger partial charge is 0.266 e. The molecule has 0 spiro atoms. The number of rotatable bonds is 5. The summed E-state index contributed by atoms with van der Waals surface area (Å²) in [6, 6.07) is 31.2. The number of hydrogen-bond acceptors (Lipinski definition) is 0. The maximum Gasteiger partial charge on any atom is 0.266 e. The first-order valence-electron chi connectivity index (χ1n) is 18.0. The third-order valence-corrected chi connectivity index (χ3v) is 12.8. The van der Waals surface area contributed by atoms with Crippen LogP contribution in [-0.4, -0.2) is 0 Å². The minimum absolute atomic E-state index is 0.0917. The molecule has 0 saturated carbocycles. The molecule has 2 atom stereocenters. The highest BCUT2D eigenvalue weighted by Crippen LogP contribution is 2.68. The van der Waals surface area contributed by atoms with E-state index in [2.05, 4.69) is 135 Å². The Balaban J connectivity index is 1.45. The van der Waals surface area contributed by atoms with Gasteiger partial charge in [0.1, 0.15) is 11.2 Å². The molecule has 0 radical (unpaired) electrons. The summed E-state index contributed by atoms with van der Waals surface area (Å²) in [6.07, 6.45) is 9.87. The maximum absolute atomic E-state index is 16.6. The monoisotopic (exact) mass is 628 g/mol. The smallest absolute Gasteiger partial charge is 0.207 e. The van der Waals surface area contributed by atoms with Gasteiger partial charge in [0.15, 0.2) is 12.4 Å². The summed E-state index contributed by atoms with van der Waals surface area (Å²) in [4.78, 5) is 0. The Morgan fingerprint density at radius 3 is 2.23 bits per heavy atom. The van der Waals surface area contributed by atoms with Gasteiger partial charge in [-0.05, 0) is 70.3 Å². The highest BCUT2D eigenvalue weighted by molar-refractivity contribution is 6.10. The Labute approximate surface area is 281 Å². The van der Waals surface area contributed by atoms with E-state index in [0.717, 1.165) is 43.2 Å². The average Bonchev–Trinajstić information content (AvgIpc) is 3.10. The molecular weight excluding hydrogens is 588 g/mol. The van der Waals surface area contributed by atoms with Crippen molar-refractivity contribution in [2.75, 3.05) is 0 Å². The summed E-state index contributed by atoms with van der Waals surface area (Å²) < 4.78 is 21.8. The lowest BCUT2D eigenvalue weighted by atomic mass is 9.44. The lowest BCUT2D eigenvalue weighted by molar-refractivity contribution is -0.781. The molecule has 3 heteroatoms. The second kappa shape index (κ2) is 9.29. The molecule has 0 bridgehead atoms. The fraction of sp³-hybridized carbons (Fsp3) is 0.289. The molecule has 48 heavy (non-hydrogen) atoms. The first-order valence-corrected chi connectivity index (χ1v) is 18.0. The lowest BCUT2D eigenvalue weighted by Crippen LogP contribution is -2.79. The Bertz CT molecular complexity index is 2580. The van der Waals surface area contributed by atoms with E-state index in [1.807, 2.05) is 0 Å². The van der Waals surface area contributed by atoms with Crippen LogP contribution in [0.25, 0.3) is 49.1 Å². The van der Waals surface area contributed by atoms with Crippen molar-refractivity contribution in [1.29, 1.82) is 0 Å². The highest BCUT2D eigenvalue weighted by Gasteiger charge is 2.78. The standard InChI is InChI=1S/C45H41FN2/c1-6-9-14-27-25-29-22-24-48-41-36(29)34(26-27)43(4,5)39-35(46)20-19-33(37(39)41)44(7-2)38-31-17-12-13-18-32(31)40-30-16-11-10-15-28(30)21-23-47(40)42(38)45(44,48)8-3/h10-13,15-26H,6-9,14H2,1-5H3/q+2. The minimum atomic E-state index is -0.477.